The van der Waals surface area contributed by atoms with Crippen LogP contribution in [0.15, 0.2) is 146 Å². The normalized spacial score (nSPS) is 14.7. The number of aliphatic hydroxyl groups is 1. The van der Waals surface area contributed by atoms with Crippen molar-refractivity contribution in [3.05, 3.63) is 146 Å². The van der Waals surface area contributed by atoms with E-state index in [1.54, 1.807) is 6.08 Å². The van der Waals surface area contributed by atoms with Gasteiger partial charge in [-0.25, -0.2) is 0 Å². The molecule has 0 fully saturated rings. The summed E-state index contributed by atoms with van der Waals surface area (Å²) in [5.41, 5.74) is 0. The third-order valence-electron chi connectivity index (χ3n) is 14.1. The molecular weight excluding hydrogens is 1030 g/mol. The van der Waals surface area contributed by atoms with Gasteiger partial charge in [-0.2, -0.15) is 0 Å². The Labute approximate surface area is 506 Å². The van der Waals surface area contributed by atoms with Gasteiger partial charge in [0, 0.05) is 6.42 Å². The Hall–Kier alpha value is -3.62. The summed E-state index contributed by atoms with van der Waals surface area (Å²) in [6.45, 7) is 4.51. The molecule has 82 heavy (non-hydrogen) atoms. The standard InChI is InChI=1S/C73H125N2O6P/c1-6-8-10-12-14-16-18-20-22-24-26-28-30-31-32-33-34-35-36-37-38-39-40-41-42-43-45-47-49-51-53-55-57-59-61-63-65-67-73(77)74-71(70-81-82(78,79)80-69-68-75(3,4)5)72(76)66-64-62-60-58-56-54-52-50-48-46-44-29-27-25-23-21-19-17-15-13-11-9-7-2/h8,10,14,16,20,22,26,28,31-32,34-35,37-38,40-41,43,45,49,51,55,57,64,66,71-72,76H,6-7,9,11-13,15,17-19,21,23-25,27,29-30,33,36,39,42,44,46-48,50,52-54,56,58-63,65,67-70H2,1-5H3,(H-,74,77,78,79)/b10-8-,16-14-,22-20-,28-26-,32-31-,35-34-,38-37-,41-40-,45-43-,51-49-,57-55-,66-64+. The number of nitrogens with zero attached hydrogens (tertiary/aromatic N) is 1. The monoisotopic (exact) mass is 1160 g/mol. The molecule has 2 N–H and O–H groups in total. The number of rotatable bonds is 59. The number of carbonyl (C=O) groups excluding carboxylic acids is 1. The van der Waals surface area contributed by atoms with E-state index in [-0.39, 0.29) is 12.5 Å². The number of quaternary nitrogens is 1. The largest absolute Gasteiger partial charge is 0.756 e. The highest BCUT2D eigenvalue weighted by molar-refractivity contribution is 7.45. The van der Waals surface area contributed by atoms with Crippen LogP contribution in [0.1, 0.15) is 258 Å². The Morgan fingerprint density at radius 2 is 0.744 bits per heavy atom. The number of likely N-dealkylation sites (N-methyl/N-ethyl adjacent to an activating group) is 1. The number of hydrogen-bond acceptors (Lipinski definition) is 6. The van der Waals surface area contributed by atoms with Crippen LogP contribution in [0.3, 0.4) is 0 Å². The van der Waals surface area contributed by atoms with Gasteiger partial charge in [-0.3, -0.25) is 9.36 Å². The molecular formula is C73H125N2O6P. The Morgan fingerprint density at radius 1 is 0.439 bits per heavy atom. The van der Waals surface area contributed by atoms with E-state index in [9.17, 15) is 19.4 Å². The molecule has 0 radical (unpaired) electrons. The zero-order chi connectivity index (χ0) is 59.8. The first-order valence-corrected chi connectivity index (χ1v) is 34.7. The minimum Gasteiger partial charge on any atom is -0.756 e. The summed E-state index contributed by atoms with van der Waals surface area (Å²) in [6, 6.07) is -0.917. The van der Waals surface area contributed by atoms with Crippen LogP contribution in [0.25, 0.3) is 0 Å². The highest BCUT2D eigenvalue weighted by Crippen LogP contribution is 2.38. The lowest BCUT2D eigenvalue weighted by Crippen LogP contribution is -2.45. The van der Waals surface area contributed by atoms with E-state index in [4.69, 9.17) is 9.05 Å². The van der Waals surface area contributed by atoms with Crippen LogP contribution in [0, 0.1) is 0 Å². The number of carbonyl (C=O) groups is 1. The van der Waals surface area contributed by atoms with E-state index < -0.39 is 26.6 Å². The van der Waals surface area contributed by atoms with Crippen LogP contribution >= 0.6 is 7.82 Å². The molecule has 468 valence electrons. The molecule has 0 rings (SSSR count). The second-order valence-electron chi connectivity index (χ2n) is 23.1. The maximum absolute atomic E-state index is 13.0. The number of phosphoric acid groups is 1. The topological polar surface area (TPSA) is 108 Å². The molecule has 0 bridgehead atoms. The van der Waals surface area contributed by atoms with Crippen molar-refractivity contribution < 1.29 is 32.9 Å². The molecule has 0 spiro atoms. The highest BCUT2D eigenvalue weighted by atomic mass is 31.2. The van der Waals surface area contributed by atoms with Gasteiger partial charge in [0.25, 0.3) is 7.82 Å². The highest BCUT2D eigenvalue weighted by Gasteiger charge is 2.23. The summed E-state index contributed by atoms with van der Waals surface area (Å²) in [5, 5.41) is 13.9. The molecule has 3 atom stereocenters. The molecule has 0 aromatic rings. The second kappa shape index (κ2) is 61.9. The van der Waals surface area contributed by atoms with Crippen molar-refractivity contribution in [2.24, 2.45) is 0 Å². The summed E-state index contributed by atoms with van der Waals surface area (Å²) in [5.74, 6) is -0.233. The van der Waals surface area contributed by atoms with Gasteiger partial charge in [-0.05, 0) is 103 Å². The maximum atomic E-state index is 13.0. The molecule has 0 heterocycles. The first kappa shape index (κ1) is 78.4. The molecule has 0 aliphatic heterocycles. The number of aliphatic hydroxyl groups excluding tert-OH is 1. The fourth-order valence-electron chi connectivity index (χ4n) is 8.92. The smallest absolute Gasteiger partial charge is 0.268 e. The fraction of sp³-hybridized carbons (Fsp3) is 0.658. The van der Waals surface area contributed by atoms with Gasteiger partial charge < -0.3 is 28.8 Å². The van der Waals surface area contributed by atoms with E-state index in [0.29, 0.717) is 23.9 Å². The zero-order valence-corrected chi connectivity index (χ0v) is 54.3. The summed E-state index contributed by atoms with van der Waals surface area (Å²) in [6.07, 6.45) is 95.2. The molecule has 0 aliphatic rings. The van der Waals surface area contributed by atoms with Gasteiger partial charge >= 0.3 is 0 Å². The van der Waals surface area contributed by atoms with Crippen LogP contribution < -0.4 is 10.2 Å². The Balaban J connectivity index is 4.26. The van der Waals surface area contributed by atoms with Crippen LogP contribution in [-0.2, 0) is 18.4 Å². The second-order valence-corrected chi connectivity index (χ2v) is 24.5. The predicted octanol–water partition coefficient (Wildman–Crippen LogP) is 20.6. The SMILES string of the molecule is CC/C=C\C/C=C\C/C=C\C/C=C\C/C=C\C/C=C\C/C=C\C/C=C\C/C=C\C/C=C\C/C=C\CCCCCC(=O)NC(COP(=O)([O-])OCC[N+](C)(C)C)C(O)/C=C/CCCCCCCCCCCCCCCCCCCCCCC. The first-order chi connectivity index (χ1) is 40.0. The zero-order valence-electron chi connectivity index (χ0n) is 53.4. The van der Waals surface area contributed by atoms with Crippen molar-refractivity contribution in [1.82, 2.24) is 5.32 Å². The van der Waals surface area contributed by atoms with E-state index in [0.717, 1.165) is 109 Å². The summed E-state index contributed by atoms with van der Waals surface area (Å²) in [4.78, 5) is 25.6. The average molecular weight is 1160 g/mol. The molecule has 8 nitrogen and oxygen atoms in total. The predicted molar refractivity (Wildman–Crippen MR) is 357 cm³/mol. The van der Waals surface area contributed by atoms with Crippen molar-refractivity contribution in [3.63, 3.8) is 0 Å². The van der Waals surface area contributed by atoms with Crippen LogP contribution in [0.4, 0.5) is 0 Å². The minimum absolute atomic E-state index is 0.0153. The number of allylic oxidation sites excluding steroid dienone is 23. The average Bonchev–Trinajstić information content (AvgIpc) is 3.47. The Kier molecular flexibility index (Phi) is 59.2. The molecule has 3 unspecified atom stereocenters. The molecule has 0 saturated carbocycles. The lowest BCUT2D eigenvalue weighted by molar-refractivity contribution is -0.870. The lowest BCUT2D eigenvalue weighted by atomic mass is 10.0. The van der Waals surface area contributed by atoms with Gasteiger partial charge in [-0.1, -0.05) is 295 Å². The number of amides is 1. The van der Waals surface area contributed by atoms with Crippen molar-refractivity contribution in [2.45, 2.75) is 270 Å². The van der Waals surface area contributed by atoms with Gasteiger partial charge in [0.05, 0.1) is 39.9 Å². The van der Waals surface area contributed by atoms with Crippen LogP contribution in [0.5, 0.6) is 0 Å². The van der Waals surface area contributed by atoms with Crippen molar-refractivity contribution in [1.29, 1.82) is 0 Å². The van der Waals surface area contributed by atoms with E-state index >= 15 is 0 Å². The van der Waals surface area contributed by atoms with Gasteiger partial charge in [0.1, 0.15) is 13.2 Å². The molecule has 1 amide bonds. The van der Waals surface area contributed by atoms with Crippen molar-refractivity contribution in [3.8, 4) is 0 Å². The Bertz CT molecular complexity index is 1840. The van der Waals surface area contributed by atoms with E-state index in [2.05, 4.69) is 153 Å². The number of hydrogen-bond donors (Lipinski definition) is 2. The third-order valence-corrected chi connectivity index (χ3v) is 15.0. The number of nitrogens with one attached hydrogen (secondary N) is 1. The maximum Gasteiger partial charge on any atom is 0.268 e. The summed E-state index contributed by atoms with van der Waals surface area (Å²) < 4.78 is 23.4. The fourth-order valence-corrected chi connectivity index (χ4v) is 9.65. The van der Waals surface area contributed by atoms with Gasteiger partial charge in [0.15, 0.2) is 0 Å². The molecule has 0 aromatic carbocycles. The molecule has 0 aliphatic carbocycles. The summed E-state index contributed by atoms with van der Waals surface area (Å²) >= 11 is 0. The van der Waals surface area contributed by atoms with E-state index in [1.165, 1.54) is 122 Å². The summed E-state index contributed by atoms with van der Waals surface area (Å²) in [7, 11) is 1.22. The van der Waals surface area contributed by atoms with Gasteiger partial charge in [0.2, 0.25) is 5.91 Å². The lowest BCUT2D eigenvalue weighted by Gasteiger charge is -2.29. The first-order valence-electron chi connectivity index (χ1n) is 33.2. The third kappa shape index (κ3) is 64.0. The van der Waals surface area contributed by atoms with E-state index in [1.807, 2.05) is 27.2 Å². The van der Waals surface area contributed by atoms with Crippen LogP contribution in [-0.4, -0.2) is 68.5 Å². The van der Waals surface area contributed by atoms with Crippen LogP contribution in [0.2, 0.25) is 0 Å². The number of unbranched alkanes of at least 4 members (excludes halogenated alkanes) is 24. The molecule has 0 saturated heterocycles. The minimum atomic E-state index is -4.62. The van der Waals surface area contributed by atoms with Crippen molar-refractivity contribution in [2.75, 3.05) is 40.9 Å². The molecule has 9 heteroatoms. The quantitative estimate of drug-likeness (QED) is 0.0272. The number of phosphoric ester groups is 1. The Morgan fingerprint density at radius 3 is 1.09 bits per heavy atom. The van der Waals surface area contributed by atoms with Crippen molar-refractivity contribution >= 4 is 13.7 Å². The molecule has 0 aromatic heterocycles. The van der Waals surface area contributed by atoms with Gasteiger partial charge in [-0.15, -0.1) is 0 Å².